The fourth-order valence-corrected chi connectivity index (χ4v) is 3.37. The fraction of sp³-hybridized carbons (Fsp3) is 0.381. The number of aryl methyl sites for hydroxylation is 2. The second kappa shape index (κ2) is 9.12. The van der Waals surface area contributed by atoms with Gasteiger partial charge < -0.3 is 15.4 Å². The van der Waals surface area contributed by atoms with Crippen molar-refractivity contribution in [1.29, 1.82) is 0 Å². The molecule has 3 rings (SSSR count). The number of anilines is 1. The van der Waals surface area contributed by atoms with Crippen molar-refractivity contribution in [3.8, 4) is 0 Å². The van der Waals surface area contributed by atoms with E-state index in [9.17, 15) is 0 Å². The summed E-state index contributed by atoms with van der Waals surface area (Å²) in [5.41, 5.74) is 6.05. The lowest BCUT2D eigenvalue weighted by Gasteiger charge is -2.26. The van der Waals surface area contributed by atoms with Crippen LogP contribution in [0.25, 0.3) is 0 Å². The van der Waals surface area contributed by atoms with Gasteiger partial charge in [-0.25, -0.2) is 0 Å². The van der Waals surface area contributed by atoms with Gasteiger partial charge in [0, 0.05) is 31.9 Å². The van der Waals surface area contributed by atoms with Crippen molar-refractivity contribution in [3.63, 3.8) is 0 Å². The Kier molecular flexibility index (Phi) is 6.61. The van der Waals surface area contributed by atoms with Crippen molar-refractivity contribution in [2.45, 2.75) is 26.9 Å². The van der Waals surface area contributed by atoms with Crippen LogP contribution in [0.15, 0.2) is 42.5 Å². The average Bonchev–Trinajstić information content (AvgIpc) is 2.61. The molecule has 2 aromatic rings. The summed E-state index contributed by atoms with van der Waals surface area (Å²) in [5.74, 6) is 0. The van der Waals surface area contributed by atoms with Crippen molar-refractivity contribution in [2.24, 2.45) is 0 Å². The van der Waals surface area contributed by atoms with Gasteiger partial charge in [-0.2, -0.15) is 0 Å². The van der Waals surface area contributed by atoms with Gasteiger partial charge in [-0.1, -0.05) is 30.3 Å². The number of nitrogens with one attached hydrogen (secondary N) is 2. The molecule has 4 nitrogen and oxygen atoms in total. The molecule has 1 aliphatic rings. The molecule has 0 radical (unpaired) electrons. The first-order valence-corrected chi connectivity index (χ1v) is 9.50. The third-order valence-corrected chi connectivity index (χ3v) is 4.71. The summed E-state index contributed by atoms with van der Waals surface area (Å²) in [6, 6.07) is 15.1. The number of rotatable bonds is 5. The van der Waals surface area contributed by atoms with E-state index < -0.39 is 0 Å². The van der Waals surface area contributed by atoms with Crippen LogP contribution in [0.1, 0.15) is 22.3 Å². The van der Waals surface area contributed by atoms with Gasteiger partial charge >= 0.3 is 0 Å². The molecule has 0 amide bonds. The highest BCUT2D eigenvalue weighted by atomic mass is 32.1. The maximum absolute atomic E-state index is 5.42. The van der Waals surface area contributed by atoms with Gasteiger partial charge in [0.15, 0.2) is 5.11 Å². The Balaban J connectivity index is 1.47. The highest BCUT2D eigenvalue weighted by Crippen LogP contribution is 2.14. The minimum absolute atomic E-state index is 0.646. The second-order valence-corrected chi connectivity index (χ2v) is 7.30. The molecule has 1 fully saturated rings. The molecule has 26 heavy (non-hydrogen) atoms. The lowest BCUT2D eigenvalue weighted by atomic mass is 10.1. The van der Waals surface area contributed by atoms with Crippen LogP contribution in [0.5, 0.6) is 0 Å². The molecule has 138 valence electrons. The van der Waals surface area contributed by atoms with Crippen LogP contribution < -0.4 is 10.6 Å². The number of hydrogen-bond donors (Lipinski definition) is 2. The summed E-state index contributed by atoms with van der Waals surface area (Å²) in [4.78, 5) is 2.43. The molecule has 0 unspecified atom stereocenters. The largest absolute Gasteiger partial charge is 0.379 e. The van der Waals surface area contributed by atoms with Crippen molar-refractivity contribution >= 4 is 23.0 Å². The van der Waals surface area contributed by atoms with Crippen LogP contribution in [0.3, 0.4) is 0 Å². The summed E-state index contributed by atoms with van der Waals surface area (Å²) in [5, 5.41) is 7.19. The monoisotopic (exact) mass is 369 g/mol. The van der Waals surface area contributed by atoms with Gasteiger partial charge in [0.2, 0.25) is 0 Å². The molecule has 1 saturated heterocycles. The number of hydrogen-bond acceptors (Lipinski definition) is 3. The van der Waals surface area contributed by atoms with E-state index in [1.807, 2.05) is 0 Å². The zero-order valence-electron chi connectivity index (χ0n) is 15.5. The van der Waals surface area contributed by atoms with Crippen LogP contribution in [0, 0.1) is 13.8 Å². The van der Waals surface area contributed by atoms with E-state index in [-0.39, 0.29) is 0 Å². The second-order valence-electron chi connectivity index (χ2n) is 6.89. The van der Waals surface area contributed by atoms with E-state index in [1.54, 1.807) is 0 Å². The topological polar surface area (TPSA) is 36.5 Å². The van der Waals surface area contributed by atoms with Crippen LogP contribution >= 0.6 is 12.2 Å². The summed E-state index contributed by atoms with van der Waals surface area (Å²) < 4.78 is 5.40. The quantitative estimate of drug-likeness (QED) is 0.787. The van der Waals surface area contributed by atoms with Crippen molar-refractivity contribution in [2.75, 3.05) is 31.6 Å². The first-order valence-electron chi connectivity index (χ1n) is 9.09. The molecule has 0 aromatic heterocycles. The zero-order valence-corrected chi connectivity index (χ0v) is 16.4. The smallest absolute Gasteiger partial charge is 0.171 e. The maximum Gasteiger partial charge on any atom is 0.171 e. The Morgan fingerprint density at radius 2 is 1.62 bits per heavy atom. The molecule has 0 atom stereocenters. The van der Waals surface area contributed by atoms with E-state index in [4.69, 9.17) is 17.0 Å². The number of morpholine rings is 1. The first kappa shape index (κ1) is 18.8. The molecule has 0 saturated carbocycles. The third kappa shape index (κ3) is 5.80. The summed E-state index contributed by atoms with van der Waals surface area (Å²) >= 11 is 5.42. The van der Waals surface area contributed by atoms with Crippen molar-refractivity contribution < 1.29 is 4.74 Å². The Morgan fingerprint density at radius 1 is 1.00 bits per heavy atom. The summed E-state index contributed by atoms with van der Waals surface area (Å²) in [6.07, 6.45) is 0. The highest BCUT2D eigenvalue weighted by molar-refractivity contribution is 7.80. The standard InChI is InChI=1S/C21H27N3OS/c1-16-11-17(2)13-20(12-16)23-21(26)22-14-18-3-5-19(6-4-18)15-24-7-9-25-10-8-24/h3-6,11-13H,7-10,14-15H2,1-2H3,(H2,22,23,26). The van der Waals surface area contributed by atoms with E-state index >= 15 is 0 Å². The molecule has 1 aliphatic heterocycles. The van der Waals surface area contributed by atoms with Crippen LogP contribution in [-0.2, 0) is 17.8 Å². The summed E-state index contributed by atoms with van der Waals surface area (Å²) in [7, 11) is 0. The Hall–Kier alpha value is -1.95. The Labute approximate surface area is 161 Å². The van der Waals surface area contributed by atoms with E-state index in [0.29, 0.717) is 11.7 Å². The van der Waals surface area contributed by atoms with Gasteiger partial charge in [0.1, 0.15) is 0 Å². The van der Waals surface area contributed by atoms with Gasteiger partial charge in [0.25, 0.3) is 0 Å². The maximum atomic E-state index is 5.42. The fourth-order valence-electron chi connectivity index (χ4n) is 3.18. The molecule has 1 heterocycles. The van der Waals surface area contributed by atoms with E-state index in [1.165, 1.54) is 22.3 Å². The average molecular weight is 370 g/mol. The minimum atomic E-state index is 0.646. The lowest BCUT2D eigenvalue weighted by molar-refractivity contribution is 0.0342. The lowest BCUT2D eigenvalue weighted by Crippen LogP contribution is -2.35. The molecule has 0 aliphatic carbocycles. The third-order valence-electron chi connectivity index (χ3n) is 4.47. The van der Waals surface area contributed by atoms with Crippen LogP contribution in [-0.4, -0.2) is 36.3 Å². The summed E-state index contributed by atoms with van der Waals surface area (Å²) in [6.45, 7) is 9.60. The molecular weight excluding hydrogens is 342 g/mol. The Morgan fingerprint density at radius 3 is 2.27 bits per heavy atom. The molecule has 0 bridgehead atoms. The minimum Gasteiger partial charge on any atom is -0.379 e. The van der Waals surface area contributed by atoms with Crippen molar-refractivity contribution in [1.82, 2.24) is 10.2 Å². The molecule has 5 heteroatoms. The first-order chi connectivity index (χ1) is 12.6. The number of benzene rings is 2. The van der Waals surface area contributed by atoms with E-state index in [0.717, 1.165) is 38.5 Å². The van der Waals surface area contributed by atoms with Crippen LogP contribution in [0.2, 0.25) is 0 Å². The highest BCUT2D eigenvalue weighted by Gasteiger charge is 2.10. The molecular formula is C21H27N3OS. The molecule has 2 aromatic carbocycles. The van der Waals surface area contributed by atoms with E-state index in [2.05, 4.69) is 71.8 Å². The SMILES string of the molecule is Cc1cc(C)cc(NC(=S)NCc2ccc(CN3CCOCC3)cc2)c1. The van der Waals surface area contributed by atoms with Gasteiger partial charge in [0.05, 0.1) is 13.2 Å². The molecule has 0 spiro atoms. The zero-order chi connectivity index (χ0) is 18.4. The van der Waals surface area contributed by atoms with Crippen molar-refractivity contribution in [3.05, 3.63) is 64.7 Å². The Bertz CT molecular complexity index is 719. The van der Waals surface area contributed by atoms with Crippen LogP contribution in [0.4, 0.5) is 5.69 Å². The molecule has 2 N–H and O–H groups in total. The number of thiocarbonyl (C=S) groups is 1. The van der Waals surface area contributed by atoms with Gasteiger partial charge in [-0.05, 0) is 60.5 Å². The normalized spacial score (nSPS) is 14.8. The predicted molar refractivity (Wildman–Crippen MR) is 112 cm³/mol. The van der Waals surface area contributed by atoms with Gasteiger partial charge in [-0.15, -0.1) is 0 Å². The number of ether oxygens (including phenoxy) is 1. The predicted octanol–water partition coefficient (Wildman–Crippen LogP) is 3.62. The van der Waals surface area contributed by atoms with Gasteiger partial charge in [-0.3, -0.25) is 4.90 Å². The number of nitrogens with zero attached hydrogens (tertiary/aromatic N) is 1.